The second-order valence-electron chi connectivity index (χ2n) is 4.74. The van der Waals surface area contributed by atoms with Crippen molar-refractivity contribution in [1.82, 2.24) is 10.0 Å². The van der Waals surface area contributed by atoms with Crippen molar-refractivity contribution in [3.05, 3.63) is 28.8 Å². The highest BCUT2D eigenvalue weighted by Gasteiger charge is 2.27. The highest BCUT2D eigenvalue weighted by molar-refractivity contribution is 7.90. The van der Waals surface area contributed by atoms with E-state index in [-0.39, 0.29) is 11.8 Å². The van der Waals surface area contributed by atoms with Crippen LogP contribution in [-0.4, -0.2) is 33.9 Å². The summed E-state index contributed by atoms with van der Waals surface area (Å²) >= 11 is 6.10. The first kappa shape index (κ1) is 15.6. The fourth-order valence-corrected chi connectivity index (χ4v) is 3.97. The van der Waals surface area contributed by atoms with Crippen LogP contribution in [0, 0.1) is 0 Å². The molecule has 0 aromatic heterocycles. The fourth-order valence-electron chi connectivity index (χ4n) is 2.30. The largest absolute Gasteiger partial charge is 0.496 e. The van der Waals surface area contributed by atoms with Crippen LogP contribution in [0.4, 0.5) is 0 Å². The Bertz CT molecular complexity index is 557. The number of rotatable bonds is 5. The smallest absolute Gasteiger partial charge is 0.214 e. The number of nitrogens with one attached hydrogen (secondary N) is 2. The van der Waals surface area contributed by atoms with Crippen LogP contribution in [0.5, 0.6) is 5.75 Å². The van der Waals surface area contributed by atoms with Gasteiger partial charge in [-0.1, -0.05) is 17.7 Å². The minimum atomic E-state index is -3.33. The summed E-state index contributed by atoms with van der Waals surface area (Å²) in [7, 11) is -1.79. The van der Waals surface area contributed by atoms with Gasteiger partial charge in [0.2, 0.25) is 10.0 Å². The molecule has 0 spiro atoms. The lowest BCUT2D eigenvalue weighted by atomic mass is 10.2. The van der Waals surface area contributed by atoms with E-state index in [1.54, 1.807) is 18.2 Å². The molecule has 1 aliphatic rings. The molecule has 1 aromatic rings. The molecule has 7 heteroatoms. The highest BCUT2D eigenvalue weighted by Crippen LogP contribution is 2.26. The summed E-state index contributed by atoms with van der Waals surface area (Å²) in [6.07, 6.45) is 1.27. The zero-order chi connectivity index (χ0) is 14.6. The predicted molar refractivity (Wildman–Crippen MR) is 79.7 cm³/mol. The molecule has 1 heterocycles. The Kier molecular flexibility index (Phi) is 5.26. The first-order valence-electron chi connectivity index (χ1n) is 6.55. The summed E-state index contributed by atoms with van der Waals surface area (Å²) in [5.74, 6) is 0.588. The van der Waals surface area contributed by atoms with Crippen molar-refractivity contribution in [2.24, 2.45) is 0 Å². The molecule has 5 nitrogen and oxygen atoms in total. The second kappa shape index (κ2) is 6.76. The average Bonchev–Trinajstić information content (AvgIpc) is 2.46. The van der Waals surface area contributed by atoms with Crippen LogP contribution in [0.25, 0.3) is 0 Å². The molecule has 0 radical (unpaired) electrons. The molecule has 0 amide bonds. The van der Waals surface area contributed by atoms with E-state index in [4.69, 9.17) is 16.3 Å². The third-order valence-electron chi connectivity index (χ3n) is 3.47. The minimum absolute atomic E-state index is 0.148. The van der Waals surface area contributed by atoms with Gasteiger partial charge in [-0.2, -0.15) is 0 Å². The summed E-state index contributed by atoms with van der Waals surface area (Å²) in [6, 6.07) is 5.25. The predicted octanol–water partition coefficient (Wildman–Crippen LogP) is 1.52. The molecule has 1 saturated heterocycles. The number of piperidine rings is 1. The summed E-state index contributed by atoms with van der Waals surface area (Å²) in [5.41, 5.74) is 0.661. The molecule has 112 valence electrons. The van der Waals surface area contributed by atoms with E-state index in [1.165, 1.54) is 7.11 Å². The first-order chi connectivity index (χ1) is 9.54. The molecule has 0 saturated carbocycles. The van der Waals surface area contributed by atoms with Crippen LogP contribution in [0.2, 0.25) is 5.02 Å². The zero-order valence-corrected chi connectivity index (χ0v) is 12.9. The second-order valence-corrected chi connectivity index (χ2v) is 7.19. The summed E-state index contributed by atoms with van der Waals surface area (Å²) in [4.78, 5) is 0. The molecular formula is C13H19ClN2O3S. The van der Waals surface area contributed by atoms with Gasteiger partial charge in [0.05, 0.1) is 12.4 Å². The fraction of sp³-hybridized carbons (Fsp3) is 0.538. The van der Waals surface area contributed by atoms with Crippen molar-refractivity contribution in [2.45, 2.75) is 24.6 Å². The van der Waals surface area contributed by atoms with Gasteiger partial charge in [0, 0.05) is 17.1 Å². The van der Waals surface area contributed by atoms with Gasteiger partial charge in [-0.3, -0.25) is 0 Å². The quantitative estimate of drug-likeness (QED) is 0.864. The van der Waals surface area contributed by atoms with Gasteiger partial charge in [-0.25, -0.2) is 13.1 Å². The Balaban J connectivity index is 2.08. The van der Waals surface area contributed by atoms with Gasteiger partial charge in [0.15, 0.2) is 0 Å². The highest BCUT2D eigenvalue weighted by atomic mass is 35.5. The molecular weight excluding hydrogens is 300 g/mol. The van der Waals surface area contributed by atoms with Crippen molar-refractivity contribution < 1.29 is 13.2 Å². The van der Waals surface area contributed by atoms with Crippen molar-refractivity contribution >= 4 is 21.6 Å². The van der Waals surface area contributed by atoms with Crippen molar-refractivity contribution in [3.8, 4) is 5.75 Å². The molecule has 1 fully saturated rings. The molecule has 0 bridgehead atoms. The molecule has 0 atom stereocenters. The van der Waals surface area contributed by atoms with Crippen molar-refractivity contribution in [3.63, 3.8) is 0 Å². The molecule has 2 rings (SSSR count). The maximum atomic E-state index is 12.2. The van der Waals surface area contributed by atoms with Crippen LogP contribution < -0.4 is 14.8 Å². The number of methoxy groups -OCH3 is 1. The topological polar surface area (TPSA) is 67.4 Å². The molecule has 20 heavy (non-hydrogen) atoms. The molecule has 1 aliphatic heterocycles. The van der Waals surface area contributed by atoms with Crippen LogP contribution in [-0.2, 0) is 16.6 Å². The van der Waals surface area contributed by atoms with Gasteiger partial charge in [0.25, 0.3) is 0 Å². The first-order valence-corrected chi connectivity index (χ1v) is 8.47. The lowest BCUT2D eigenvalue weighted by Gasteiger charge is -2.23. The number of halogens is 1. The van der Waals surface area contributed by atoms with Crippen LogP contribution in [0.1, 0.15) is 18.4 Å². The normalized spacial score (nSPS) is 17.1. The Labute approximate surface area is 124 Å². The van der Waals surface area contributed by atoms with Crippen molar-refractivity contribution in [2.75, 3.05) is 20.2 Å². The average molecular weight is 319 g/mol. The number of ether oxygens (including phenoxy) is 1. The van der Waals surface area contributed by atoms with Crippen LogP contribution >= 0.6 is 11.6 Å². The third kappa shape index (κ3) is 3.63. The molecule has 0 unspecified atom stereocenters. The van der Waals surface area contributed by atoms with Gasteiger partial charge in [0.1, 0.15) is 5.75 Å². The number of sulfonamides is 1. The zero-order valence-electron chi connectivity index (χ0n) is 11.4. The van der Waals surface area contributed by atoms with E-state index in [2.05, 4.69) is 10.0 Å². The van der Waals surface area contributed by atoms with Gasteiger partial charge in [-0.05, 0) is 38.1 Å². The maximum absolute atomic E-state index is 12.2. The summed E-state index contributed by atoms with van der Waals surface area (Å²) < 4.78 is 32.3. The van der Waals surface area contributed by atoms with Gasteiger partial charge < -0.3 is 10.1 Å². The monoisotopic (exact) mass is 318 g/mol. The maximum Gasteiger partial charge on any atom is 0.214 e. The van der Waals surface area contributed by atoms with Gasteiger partial charge in [-0.15, -0.1) is 0 Å². The van der Waals surface area contributed by atoms with Crippen molar-refractivity contribution in [1.29, 1.82) is 0 Å². The Hall–Kier alpha value is -0.820. The third-order valence-corrected chi connectivity index (χ3v) is 5.72. The lowest BCUT2D eigenvalue weighted by Crippen LogP contribution is -2.41. The lowest BCUT2D eigenvalue weighted by molar-refractivity contribution is 0.409. The van der Waals surface area contributed by atoms with Gasteiger partial charge >= 0.3 is 0 Å². The number of hydrogen-bond acceptors (Lipinski definition) is 4. The summed E-state index contributed by atoms with van der Waals surface area (Å²) in [6.45, 7) is 1.62. The van der Waals surface area contributed by atoms with E-state index >= 15 is 0 Å². The molecule has 2 N–H and O–H groups in total. The molecule has 0 aliphatic carbocycles. The van der Waals surface area contributed by atoms with E-state index < -0.39 is 10.0 Å². The molecule has 1 aromatic carbocycles. The summed E-state index contributed by atoms with van der Waals surface area (Å²) in [5, 5.41) is 3.32. The Morgan fingerprint density at radius 1 is 1.40 bits per heavy atom. The Morgan fingerprint density at radius 3 is 2.75 bits per heavy atom. The minimum Gasteiger partial charge on any atom is -0.496 e. The number of benzene rings is 1. The van der Waals surface area contributed by atoms with Crippen LogP contribution in [0.15, 0.2) is 18.2 Å². The van der Waals surface area contributed by atoms with E-state index in [1.807, 2.05) is 0 Å². The standard InChI is InChI=1S/C13H19ClN2O3S/c1-19-13-4-2-3-12(14)11(13)9-16-20(17,18)10-5-7-15-8-6-10/h2-4,10,15-16H,5-9H2,1H3. The van der Waals surface area contributed by atoms with E-state index in [0.717, 1.165) is 13.1 Å². The number of hydrogen-bond donors (Lipinski definition) is 2. The van der Waals surface area contributed by atoms with Crippen LogP contribution in [0.3, 0.4) is 0 Å². The SMILES string of the molecule is COc1cccc(Cl)c1CNS(=O)(=O)C1CCNCC1. The Morgan fingerprint density at radius 2 is 2.10 bits per heavy atom. The van der Waals surface area contributed by atoms with E-state index in [0.29, 0.717) is 29.2 Å². The van der Waals surface area contributed by atoms with E-state index in [9.17, 15) is 8.42 Å².